The third-order valence-electron chi connectivity index (χ3n) is 3.42. The smallest absolute Gasteiger partial charge is 0.193 e. The molecular weight excluding hydrogens is 272 g/mol. The quantitative estimate of drug-likeness (QED) is 0.476. The Morgan fingerprint density at radius 1 is 0.905 bits per heavy atom. The molecule has 0 aromatic heterocycles. The third-order valence-corrected chi connectivity index (χ3v) is 3.42. The molecule has 0 spiro atoms. The number of fused-ring (bicyclic) bond motifs is 1. The van der Waals surface area contributed by atoms with E-state index in [9.17, 15) is 25.2 Å². The van der Waals surface area contributed by atoms with E-state index < -0.39 is 0 Å². The molecule has 5 nitrogen and oxygen atoms in total. The van der Waals surface area contributed by atoms with Gasteiger partial charge in [-0.2, -0.15) is 0 Å². The van der Waals surface area contributed by atoms with E-state index in [1.165, 1.54) is 18.2 Å². The predicted octanol–water partition coefficient (Wildman–Crippen LogP) is 2.33. The molecule has 3 rings (SSSR count). The van der Waals surface area contributed by atoms with Crippen LogP contribution >= 0.6 is 0 Å². The van der Waals surface area contributed by atoms with Gasteiger partial charge in [0.1, 0.15) is 11.5 Å². The molecule has 0 amide bonds. The minimum atomic E-state index is -0.310. The number of phenolic OH excluding ortho intramolecular Hbond substituents is 4. The lowest BCUT2D eigenvalue weighted by atomic mass is 10.1. The van der Waals surface area contributed by atoms with Crippen LogP contribution in [0.25, 0.3) is 6.08 Å². The maximum Gasteiger partial charge on any atom is 0.193 e. The fourth-order valence-corrected chi connectivity index (χ4v) is 2.46. The molecule has 0 heterocycles. The summed E-state index contributed by atoms with van der Waals surface area (Å²) in [6, 6.07) is 6.82. The molecule has 2 aromatic carbocycles. The number of rotatable bonds is 1. The van der Waals surface area contributed by atoms with Gasteiger partial charge in [-0.05, 0) is 35.4 Å². The van der Waals surface area contributed by atoms with E-state index in [1.54, 1.807) is 12.1 Å². The second kappa shape index (κ2) is 4.56. The van der Waals surface area contributed by atoms with Crippen LogP contribution in [0.1, 0.15) is 21.5 Å². The van der Waals surface area contributed by atoms with Crippen molar-refractivity contribution in [3.05, 3.63) is 52.6 Å². The summed E-state index contributed by atoms with van der Waals surface area (Å²) < 4.78 is 0. The first-order valence-corrected chi connectivity index (χ1v) is 6.28. The molecule has 0 aliphatic heterocycles. The Morgan fingerprint density at radius 2 is 1.67 bits per heavy atom. The van der Waals surface area contributed by atoms with Crippen molar-refractivity contribution in [3.63, 3.8) is 0 Å². The fraction of sp³-hybridized carbons (Fsp3) is 0.0625. The van der Waals surface area contributed by atoms with E-state index in [0.717, 1.165) is 6.07 Å². The Bertz CT molecular complexity index is 789. The lowest BCUT2D eigenvalue weighted by molar-refractivity contribution is 0.103. The Balaban J connectivity index is 2.03. The first-order valence-electron chi connectivity index (χ1n) is 6.28. The van der Waals surface area contributed by atoms with Gasteiger partial charge in [-0.1, -0.05) is 6.07 Å². The number of benzene rings is 2. The number of carbonyl (C=O) groups is 1. The van der Waals surface area contributed by atoms with Gasteiger partial charge in [-0.3, -0.25) is 4.79 Å². The molecule has 21 heavy (non-hydrogen) atoms. The summed E-state index contributed by atoms with van der Waals surface area (Å²) in [4.78, 5) is 12.3. The zero-order valence-corrected chi connectivity index (χ0v) is 10.9. The average Bonchev–Trinajstić information content (AvgIpc) is 2.70. The fourth-order valence-electron chi connectivity index (χ4n) is 2.46. The molecular formula is C16H12O5. The van der Waals surface area contributed by atoms with Gasteiger partial charge < -0.3 is 20.4 Å². The molecule has 0 unspecified atom stereocenters. The highest BCUT2D eigenvalue weighted by molar-refractivity contribution is 6.17. The first-order chi connectivity index (χ1) is 9.95. The minimum absolute atomic E-state index is 0.0948. The van der Waals surface area contributed by atoms with Crippen molar-refractivity contribution < 1.29 is 25.2 Å². The van der Waals surface area contributed by atoms with Crippen LogP contribution in [0.4, 0.5) is 0 Å². The molecule has 0 fully saturated rings. The molecule has 0 saturated carbocycles. The van der Waals surface area contributed by atoms with Crippen molar-refractivity contribution in [1.29, 1.82) is 0 Å². The number of hydrogen-bond acceptors (Lipinski definition) is 5. The largest absolute Gasteiger partial charge is 0.508 e. The van der Waals surface area contributed by atoms with Crippen molar-refractivity contribution in [3.8, 4) is 23.0 Å². The number of ketones is 1. The second-order valence-corrected chi connectivity index (χ2v) is 4.92. The average molecular weight is 284 g/mol. The predicted molar refractivity (Wildman–Crippen MR) is 75.6 cm³/mol. The van der Waals surface area contributed by atoms with Crippen molar-refractivity contribution in [1.82, 2.24) is 0 Å². The molecule has 0 saturated heterocycles. The first kappa shape index (κ1) is 13.1. The number of aromatic hydroxyl groups is 4. The Morgan fingerprint density at radius 3 is 2.38 bits per heavy atom. The van der Waals surface area contributed by atoms with E-state index >= 15 is 0 Å². The van der Waals surface area contributed by atoms with Crippen LogP contribution in [0.5, 0.6) is 23.0 Å². The van der Waals surface area contributed by atoms with Gasteiger partial charge in [0.25, 0.3) is 0 Å². The number of allylic oxidation sites excluding steroid dienone is 1. The SMILES string of the molecule is O=C1/C(=C/c2ccc(O)c(O)c2)Cc2cc(O)cc(O)c21. The highest BCUT2D eigenvalue weighted by Gasteiger charge is 2.28. The summed E-state index contributed by atoms with van der Waals surface area (Å²) in [5, 5.41) is 37.9. The van der Waals surface area contributed by atoms with Crippen LogP contribution in [0.2, 0.25) is 0 Å². The van der Waals surface area contributed by atoms with E-state index in [4.69, 9.17) is 0 Å². The minimum Gasteiger partial charge on any atom is -0.508 e. The second-order valence-electron chi connectivity index (χ2n) is 4.92. The van der Waals surface area contributed by atoms with Crippen LogP contribution in [0.3, 0.4) is 0 Å². The highest BCUT2D eigenvalue weighted by Crippen LogP contribution is 2.37. The number of hydrogen-bond donors (Lipinski definition) is 4. The Hall–Kier alpha value is -2.95. The van der Waals surface area contributed by atoms with Crippen molar-refractivity contribution >= 4 is 11.9 Å². The molecule has 5 heteroatoms. The van der Waals surface area contributed by atoms with Crippen LogP contribution in [-0.4, -0.2) is 26.2 Å². The molecule has 1 aliphatic carbocycles. The van der Waals surface area contributed by atoms with Crippen LogP contribution in [0, 0.1) is 0 Å². The van der Waals surface area contributed by atoms with Crippen molar-refractivity contribution in [2.24, 2.45) is 0 Å². The topological polar surface area (TPSA) is 98.0 Å². The van der Waals surface area contributed by atoms with E-state index in [1.807, 2.05) is 0 Å². The van der Waals surface area contributed by atoms with Gasteiger partial charge >= 0.3 is 0 Å². The maximum absolute atomic E-state index is 12.3. The van der Waals surface area contributed by atoms with E-state index in [2.05, 4.69) is 0 Å². The van der Waals surface area contributed by atoms with Gasteiger partial charge in [0.15, 0.2) is 17.3 Å². The maximum atomic E-state index is 12.3. The molecule has 0 bridgehead atoms. The third kappa shape index (κ3) is 2.18. The molecule has 4 N–H and O–H groups in total. The van der Waals surface area contributed by atoms with Gasteiger partial charge in [0.05, 0.1) is 5.56 Å². The summed E-state index contributed by atoms with van der Waals surface area (Å²) in [6.45, 7) is 0. The Labute approximate surface area is 120 Å². The lowest BCUT2D eigenvalue weighted by Gasteiger charge is -2.01. The van der Waals surface area contributed by atoms with E-state index in [-0.39, 0.29) is 40.8 Å². The zero-order valence-electron chi connectivity index (χ0n) is 10.9. The normalized spacial score (nSPS) is 15.4. The number of carbonyl (C=O) groups excluding carboxylic acids is 1. The molecule has 106 valence electrons. The van der Waals surface area contributed by atoms with Gasteiger partial charge in [0.2, 0.25) is 0 Å². The van der Waals surface area contributed by atoms with Crippen molar-refractivity contribution in [2.75, 3.05) is 0 Å². The zero-order chi connectivity index (χ0) is 15.1. The van der Waals surface area contributed by atoms with Gasteiger partial charge in [-0.25, -0.2) is 0 Å². The molecule has 0 atom stereocenters. The Kier molecular flexibility index (Phi) is 2.83. The summed E-state index contributed by atoms with van der Waals surface area (Å²) in [5.74, 6) is -1.15. The number of Topliss-reactive ketones (excluding diaryl/α,β-unsaturated/α-hetero) is 1. The summed E-state index contributed by atoms with van der Waals surface area (Å²) in [6.07, 6.45) is 1.87. The summed E-state index contributed by atoms with van der Waals surface area (Å²) in [7, 11) is 0. The monoisotopic (exact) mass is 284 g/mol. The summed E-state index contributed by atoms with van der Waals surface area (Å²) in [5.41, 5.74) is 1.76. The lowest BCUT2D eigenvalue weighted by Crippen LogP contribution is -1.95. The molecule has 0 radical (unpaired) electrons. The van der Waals surface area contributed by atoms with Crippen molar-refractivity contribution in [2.45, 2.75) is 6.42 Å². The van der Waals surface area contributed by atoms with Gasteiger partial charge in [0, 0.05) is 18.1 Å². The molecule has 2 aromatic rings. The number of phenols is 4. The van der Waals surface area contributed by atoms with Crippen LogP contribution in [0.15, 0.2) is 35.9 Å². The standard InChI is InChI=1S/C16H12O5/c17-11-6-9-5-10(16(21)15(9)14(20)7-11)3-8-1-2-12(18)13(19)4-8/h1-4,6-7,17-20H,5H2/b10-3+. The van der Waals surface area contributed by atoms with Crippen LogP contribution in [-0.2, 0) is 6.42 Å². The van der Waals surface area contributed by atoms with Gasteiger partial charge in [-0.15, -0.1) is 0 Å². The highest BCUT2D eigenvalue weighted by atomic mass is 16.3. The summed E-state index contributed by atoms with van der Waals surface area (Å²) >= 11 is 0. The van der Waals surface area contributed by atoms with E-state index in [0.29, 0.717) is 16.7 Å². The van der Waals surface area contributed by atoms with Crippen LogP contribution < -0.4 is 0 Å². The molecule has 1 aliphatic rings.